The molecule has 18 heavy (non-hydrogen) atoms. The van der Waals surface area contributed by atoms with Gasteiger partial charge >= 0.3 is 0 Å². The Kier molecular flexibility index (Phi) is 4.12. The number of aromatic nitrogens is 2. The molecule has 94 valence electrons. The molecule has 0 aliphatic heterocycles. The van der Waals surface area contributed by atoms with E-state index in [1.807, 2.05) is 25.1 Å². The van der Waals surface area contributed by atoms with Crippen molar-refractivity contribution in [2.75, 3.05) is 11.9 Å². The molecule has 0 saturated heterocycles. The van der Waals surface area contributed by atoms with Gasteiger partial charge in [0.05, 0.1) is 12.4 Å². The second-order valence-corrected chi connectivity index (χ2v) is 3.88. The Morgan fingerprint density at radius 3 is 2.89 bits per heavy atom. The van der Waals surface area contributed by atoms with Gasteiger partial charge in [0, 0.05) is 6.54 Å². The maximum atomic E-state index is 5.69. The molecule has 2 rings (SSSR count). The van der Waals surface area contributed by atoms with Crippen LogP contribution in [0.15, 0.2) is 36.7 Å². The van der Waals surface area contributed by atoms with Crippen molar-refractivity contribution in [3.8, 4) is 11.6 Å². The summed E-state index contributed by atoms with van der Waals surface area (Å²) in [5.41, 5.74) is 1.24. The predicted molar refractivity (Wildman–Crippen MR) is 72.1 cm³/mol. The van der Waals surface area contributed by atoms with E-state index in [1.54, 1.807) is 12.4 Å². The number of anilines is 1. The van der Waals surface area contributed by atoms with Crippen LogP contribution >= 0.6 is 0 Å². The van der Waals surface area contributed by atoms with Gasteiger partial charge in [-0.3, -0.25) is 4.98 Å². The molecule has 4 nitrogen and oxygen atoms in total. The van der Waals surface area contributed by atoms with Crippen LogP contribution < -0.4 is 10.1 Å². The highest BCUT2D eigenvalue weighted by molar-refractivity contribution is 5.35. The van der Waals surface area contributed by atoms with Crippen LogP contribution in [-0.2, 0) is 6.42 Å². The third-order valence-electron chi connectivity index (χ3n) is 2.50. The quantitative estimate of drug-likeness (QED) is 0.875. The fourth-order valence-corrected chi connectivity index (χ4v) is 1.61. The van der Waals surface area contributed by atoms with Crippen molar-refractivity contribution in [1.82, 2.24) is 9.97 Å². The third-order valence-corrected chi connectivity index (χ3v) is 2.50. The van der Waals surface area contributed by atoms with Crippen molar-refractivity contribution >= 4 is 5.82 Å². The van der Waals surface area contributed by atoms with Crippen molar-refractivity contribution in [2.24, 2.45) is 0 Å². The smallest absolute Gasteiger partial charge is 0.239 e. The standard InChI is InChI=1S/C14H17N3O/c1-3-11-6-5-7-12(8-11)18-14-10-15-9-13(17-14)16-4-2/h5-10H,3-4H2,1-2H3,(H,16,17). The summed E-state index contributed by atoms with van der Waals surface area (Å²) in [6.45, 7) is 4.94. The Morgan fingerprint density at radius 1 is 1.22 bits per heavy atom. The van der Waals surface area contributed by atoms with Gasteiger partial charge in [-0.15, -0.1) is 0 Å². The minimum absolute atomic E-state index is 0.502. The summed E-state index contributed by atoms with van der Waals surface area (Å²) in [4.78, 5) is 8.41. The van der Waals surface area contributed by atoms with Gasteiger partial charge < -0.3 is 10.1 Å². The fourth-order valence-electron chi connectivity index (χ4n) is 1.61. The lowest BCUT2D eigenvalue weighted by Crippen LogP contribution is -2.00. The van der Waals surface area contributed by atoms with Gasteiger partial charge in [-0.2, -0.15) is 4.98 Å². The van der Waals surface area contributed by atoms with Gasteiger partial charge in [0.25, 0.3) is 0 Å². The molecule has 2 aromatic rings. The van der Waals surface area contributed by atoms with Crippen LogP contribution in [0.25, 0.3) is 0 Å². The zero-order valence-corrected chi connectivity index (χ0v) is 10.7. The van der Waals surface area contributed by atoms with Gasteiger partial charge in [0.2, 0.25) is 5.88 Å². The zero-order valence-electron chi connectivity index (χ0n) is 10.7. The van der Waals surface area contributed by atoms with E-state index in [4.69, 9.17) is 4.74 Å². The second kappa shape index (κ2) is 6.00. The van der Waals surface area contributed by atoms with E-state index >= 15 is 0 Å². The Balaban J connectivity index is 2.14. The molecule has 0 aliphatic rings. The Hall–Kier alpha value is -2.10. The van der Waals surface area contributed by atoms with Crippen molar-refractivity contribution in [3.05, 3.63) is 42.2 Å². The summed E-state index contributed by atoms with van der Waals surface area (Å²) in [6.07, 6.45) is 4.28. The topological polar surface area (TPSA) is 47.0 Å². The summed E-state index contributed by atoms with van der Waals surface area (Å²) in [5, 5.41) is 3.10. The number of aryl methyl sites for hydroxylation is 1. The minimum atomic E-state index is 0.502. The first-order chi connectivity index (χ1) is 8.81. The van der Waals surface area contributed by atoms with E-state index in [-0.39, 0.29) is 0 Å². The summed E-state index contributed by atoms with van der Waals surface area (Å²) in [7, 11) is 0. The summed E-state index contributed by atoms with van der Waals surface area (Å²) in [5.74, 6) is 2.01. The van der Waals surface area contributed by atoms with Crippen molar-refractivity contribution in [3.63, 3.8) is 0 Å². The number of nitrogens with zero attached hydrogens (tertiary/aromatic N) is 2. The molecule has 0 amide bonds. The van der Waals surface area contributed by atoms with Gasteiger partial charge in [-0.25, -0.2) is 0 Å². The molecule has 0 saturated carbocycles. The maximum absolute atomic E-state index is 5.69. The van der Waals surface area contributed by atoms with Crippen LogP contribution in [0.1, 0.15) is 19.4 Å². The van der Waals surface area contributed by atoms with E-state index < -0.39 is 0 Å². The van der Waals surface area contributed by atoms with Crippen LogP contribution in [0, 0.1) is 0 Å². The van der Waals surface area contributed by atoms with Crippen LogP contribution in [-0.4, -0.2) is 16.5 Å². The highest BCUT2D eigenvalue weighted by Crippen LogP contribution is 2.21. The molecule has 0 spiro atoms. The first-order valence-corrected chi connectivity index (χ1v) is 6.14. The van der Waals surface area contributed by atoms with Gasteiger partial charge in [0.1, 0.15) is 11.6 Å². The minimum Gasteiger partial charge on any atom is -0.437 e. The van der Waals surface area contributed by atoms with Crippen LogP contribution in [0.3, 0.4) is 0 Å². The molecule has 0 fully saturated rings. The maximum Gasteiger partial charge on any atom is 0.239 e. The average molecular weight is 243 g/mol. The Labute approximate surface area is 107 Å². The lowest BCUT2D eigenvalue weighted by Gasteiger charge is -2.07. The molecule has 1 aromatic heterocycles. The van der Waals surface area contributed by atoms with E-state index in [9.17, 15) is 0 Å². The molecule has 0 radical (unpaired) electrons. The van der Waals surface area contributed by atoms with E-state index in [2.05, 4.69) is 28.3 Å². The van der Waals surface area contributed by atoms with E-state index in [0.29, 0.717) is 5.88 Å². The van der Waals surface area contributed by atoms with Crippen LogP contribution in [0.5, 0.6) is 11.6 Å². The van der Waals surface area contributed by atoms with Gasteiger partial charge in [-0.05, 0) is 31.0 Å². The molecular formula is C14H17N3O. The lowest BCUT2D eigenvalue weighted by molar-refractivity contribution is 0.460. The Morgan fingerprint density at radius 2 is 2.11 bits per heavy atom. The van der Waals surface area contributed by atoms with E-state index in [0.717, 1.165) is 24.5 Å². The first kappa shape index (κ1) is 12.4. The molecule has 1 N–H and O–H groups in total. The van der Waals surface area contributed by atoms with Crippen molar-refractivity contribution < 1.29 is 4.74 Å². The van der Waals surface area contributed by atoms with E-state index in [1.165, 1.54) is 5.56 Å². The van der Waals surface area contributed by atoms with Crippen LogP contribution in [0.4, 0.5) is 5.82 Å². The highest BCUT2D eigenvalue weighted by atomic mass is 16.5. The normalized spacial score (nSPS) is 10.1. The average Bonchev–Trinajstić information content (AvgIpc) is 2.40. The highest BCUT2D eigenvalue weighted by Gasteiger charge is 2.01. The lowest BCUT2D eigenvalue weighted by atomic mass is 10.2. The number of rotatable bonds is 5. The number of benzene rings is 1. The molecule has 0 aliphatic carbocycles. The first-order valence-electron chi connectivity index (χ1n) is 6.14. The fraction of sp³-hybridized carbons (Fsp3) is 0.286. The van der Waals surface area contributed by atoms with Crippen molar-refractivity contribution in [2.45, 2.75) is 20.3 Å². The number of hydrogen-bond acceptors (Lipinski definition) is 4. The molecule has 1 aromatic carbocycles. The molecule has 1 heterocycles. The van der Waals surface area contributed by atoms with Crippen LogP contribution in [0.2, 0.25) is 0 Å². The summed E-state index contributed by atoms with van der Waals surface area (Å²) >= 11 is 0. The Bertz CT molecular complexity index is 514. The number of hydrogen-bond donors (Lipinski definition) is 1. The molecule has 4 heteroatoms. The number of ether oxygens (including phenoxy) is 1. The molecular weight excluding hydrogens is 226 g/mol. The molecule has 0 unspecified atom stereocenters. The van der Waals surface area contributed by atoms with Crippen molar-refractivity contribution in [1.29, 1.82) is 0 Å². The predicted octanol–water partition coefficient (Wildman–Crippen LogP) is 3.26. The van der Waals surface area contributed by atoms with Gasteiger partial charge in [-0.1, -0.05) is 19.1 Å². The third kappa shape index (κ3) is 3.20. The monoisotopic (exact) mass is 243 g/mol. The number of nitrogens with one attached hydrogen (secondary N) is 1. The molecule has 0 atom stereocenters. The zero-order chi connectivity index (χ0) is 12.8. The summed E-state index contributed by atoms with van der Waals surface area (Å²) < 4.78 is 5.69. The summed E-state index contributed by atoms with van der Waals surface area (Å²) in [6, 6.07) is 7.99. The largest absolute Gasteiger partial charge is 0.437 e. The SMILES string of the molecule is CCNc1cncc(Oc2cccc(CC)c2)n1. The second-order valence-electron chi connectivity index (χ2n) is 3.88. The molecule has 0 bridgehead atoms. The van der Waals surface area contributed by atoms with Gasteiger partial charge in [0.15, 0.2) is 0 Å².